The topological polar surface area (TPSA) is 62.1 Å². The average molecular weight is 437 g/mol. The molecule has 1 amide bonds. The molecule has 0 aliphatic rings. The molecule has 0 unspecified atom stereocenters. The lowest BCUT2D eigenvalue weighted by Crippen LogP contribution is -2.20. The van der Waals surface area contributed by atoms with Crippen molar-refractivity contribution in [2.45, 2.75) is 6.92 Å². The SMILES string of the molecule is Cc1ccc(/C(C#N)=C/c2ccc(OCC(=O)Nc3ccc(Cl)cc3)c(Cl)c2)cc1. The van der Waals surface area contributed by atoms with Crippen LogP contribution in [0.3, 0.4) is 0 Å². The molecular formula is C24H18Cl2N2O2. The van der Waals surface area contributed by atoms with Gasteiger partial charge in [0.2, 0.25) is 0 Å². The van der Waals surface area contributed by atoms with Gasteiger partial charge in [0.1, 0.15) is 5.75 Å². The van der Waals surface area contributed by atoms with Crippen molar-refractivity contribution in [1.29, 1.82) is 5.26 Å². The van der Waals surface area contributed by atoms with Crippen LogP contribution in [0.2, 0.25) is 10.0 Å². The summed E-state index contributed by atoms with van der Waals surface area (Å²) in [4.78, 5) is 12.1. The predicted molar refractivity (Wildman–Crippen MR) is 122 cm³/mol. The molecule has 0 fully saturated rings. The van der Waals surface area contributed by atoms with Crippen LogP contribution in [0.15, 0.2) is 66.7 Å². The standard InChI is InChI=1S/C24H18Cl2N2O2/c1-16-2-5-18(6-3-16)19(14-27)12-17-4-11-23(22(26)13-17)30-15-24(29)28-21-9-7-20(25)8-10-21/h2-13H,15H2,1H3,(H,28,29)/b19-12+. The van der Waals surface area contributed by atoms with Gasteiger partial charge in [0.15, 0.2) is 6.61 Å². The number of benzene rings is 3. The molecule has 3 aromatic rings. The number of carbonyl (C=O) groups excluding carboxylic acids is 1. The second kappa shape index (κ2) is 9.98. The van der Waals surface area contributed by atoms with Crippen molar-refractivity contribution in [2.24, 2.45) is 0 Å². The fourth-order valence-electron chi connectivity index (χ4n) is 2.68. The van der Waals surface area contributed by atoms with Gasteiger partial charge in [-0.05, 0) is 60.5 Å². The van der Waals surface area contributed by atoms with Crippen LogP contribution in [-0.4, -0.2) is 12.5 Å². The van der Waals surface area contributed by atoms with E-state index in [1.165, 1.54) is 0 Å². The Hall–Kier alpha value is -3.26. The van der Waals surface area contributed by atoms with Crippen LogP contribution in [0.25, 0.3) is 11.6 Å². The summed E-state index contributed by atoms with van der Waals surface area (Å²) in [6.07, 6.45) is 1.76. The molecule has 4 nitrogen and oxygen atoms in total. The maximum Gasteiger partial charge on any atom is 0.262 e. The predicted octanol–water partition coefficient (Wildman–Crippen LogP) is 6.38. The molecule has 3 aromatic carbocycles. The van der Waals surface area contributed by atoms with Gasteiger partial charge < -0.3 is 10.1 Å². The molecule has 30 heavy (non-hydrogen) atoms. The molecule has 0 aliphatic carbocycles. The number of rotatable bonds is 6. The Kier molecular flexibility index (Phi) is 7.13. The number of halogens is 2. The van der Waals surface area contributed by atoms with Gasteiger partial charge in [0.25, 0.3) is 5.91 Å². The van der Waals surface area contributed by atoms with Crippen LogP contribution in [0.5, 0.6) is 5.75 Å². The first kappa shape index (κ1) is 21.4. The largest absolute Gasteiger partial charge is 0.482 e. The summed E-state index contributed by atoms with van der Waals surface area (Å²) in [5.41, 5.74) is 3.87. The van der Waals surface area contributed by atoms with Gasteiger partial charge >= 0.3 is 0 Å². The van der Waals surface area contributed by atoms with Crippen LogP contribution in [-0.2, 0) is 4.79 Å². The lowest BCUT2D eigenvalue weighted by molar-refractivity contribution is -0.118. The van der Waals surface area contributed by atoms with Crippen molar-refractivity contribution >= 4 is 46.4 Å². The van der Waals surface area contributed by atoms with Gasteiger partial charge in [-0.15, -0.1) is 0 Å². The number of aryl methyl sites for hydroxylation is 1. The number of amides is 1. The molecule has 1 N–H and O–H groups in total. The van der Waals surface area contributed by atoms with Gasteiger partial charge in [-0.1, -0.05) is 59.1 Å². The first-order chi connectivity index (χ1) is 14.4. The summed E-state index contributed by atoms with van der Waals surface area (Å²) in [6.45, 7) is 1.80. The third kappa shape index (κ3) is 5.87. The molecule has 6 heteroatoms. The lowest BCUT2D eigenvalue weighted by Gasteiger charge is -2.10. The second-order valence-electron chi connectivity index (χ2n) is 6.57. The number of nitrogens with zero attached hydrogens (tertiary/aromatic N) is 1. The van der Waals surface area contributed by atoms with Crippen molar-refractivity contribution in [3.05, 3.63) is 93.5 Å². The van der Waals surface area contributed by atoms with E-state index >= 15 is 0 Å². The summed E-state index contributed by atoms with van der Waals surface area (Å²) in [5.74, 6) is 0.0671. The highest BCUT2D eigenvalue weighted by Crippen LogP contribution is 2.28. The van der Waals surface area contributed by atoms with Gasteiger partial charge in [0, 0.05) is 10.7 Å². The Balaban J connectivity index is 1.66. The van der Waals surface area contributed by atoms with E-state index in [-0.39, 0.29) is 12.5 Å². The number of carbonyl (C=O) groups is 1. The van der Waals surface area contributed by atoms with Crippen LogP contribution >= 0.6 is 23.2 Å². The number of hydrogen-bond donors (Lipinski definition) is 1. The number of nitrogens with one attached hydrogen (secondary N) is 1. The Morgan fingerprint density at radius 3 is 2.40 bits per heavy atom. The van der Waals surface area contributed by atoms with E-state index in [4.69, 9.17) is 27.9 Å². The van der Waals surface area contributed by atoms with Gasteiger partial charge in [0.05, 0.1) is 16.7 Å². The zero-order valence-corrected chi connectivity index (χ0v) is 17.7. The molecule has 0 bridgehead atoms. The minimum absolute atomic E-state index is 0.190. The third-order valence-electron chi connectivity index (χ3n) is 4.24. The van der Waals surface area contributed by atoms with Gasteiger partial charge in [-0.3, -0.25) is 4.79 Å². The fraction of sp³-hybridized carbons (Fsp3) is 0.0833. The lowest BCUT2D eigenvalue weighted by atomic mass is 10.0. The first-order valence-electron chi connectivity index (χ1n) is 9.11. The summed E-state index contributed by atoms with van der Waals surface area (Å²) >= 11 is 12.1. The molecule has 0 aliphatic heterocycles. The number of hydrogen-bond acceptors (Lipinski definition) is 3. The number of nitriles is 1. The first-order valence-corrected chi connectivity index (χ1v) is 9.87. The molecular weight excluding hydrogens is 419 g/mol. The minimum Gasteiger partial charge on any atom is -0.482 e. The third-order valence-corrected chi connectivity index (χ3v) is 4.78. The van der Waals surface area contributed by atoms with E-state index in [1.54, 1.807) is 48.5 Å². The fourth-order valence-corrected chi connectivity index (χ4v) is 3.05. The van der Waals surface area contributed by atoms with Crippen molar-refractivity contribution in [2.75, 3.05) is 11.9 Å². The van der Waals surface area contributed by atoms with Crippen LogP contribution in [0.1, 0.15) is 16.7 Å². The van der Waals surface area contributed by atoms with Crippen LogP contribution in [0, 0.1) is 18.3 Å². The number of allylic oxidation sites excluding steroid dienone is 1. The molecule has 0 aromatic heterocycles. The maximum atomic E-state index is 12.1. The highest BCUT2D eigenvalue weighted by Gasteiger charge is 2.08. The number of anilines is 1. The molecule has 3 rings (SSSR count). The zero-order valence-electron chi connectivity index (χ0n) is 16.2. The molecule has 150 valence electrons. The second-order valence-corrected chi connectivity index (χ2v) is 7.41. The van der Waals surface area contributed by atoms with Crippen LogP contribution in [0.4, 0.5) is 5.69 Å². The normalized spacial score (nSPS) is 10.9. The maximum absolute atomic E-state index is 12.1. The summed E-state index contributed by atoms with van der Waals surface area (Å²) < 4.78 is 5.52. The molecule has 0 spiro atoms. The van der Waals surface area contributed by atoms with E-state index in [0.29, 0.717) is 27.1 Å². The summed E-state index contributed by atoms with van der Waals surface area (Å²) in [6, 6.07) is 21.9. The van der Waals surface area contributed by atoms with E-state index in [9.17, 15) is 10.1 Å². The quantitative estimate of drug-likeness (QED) is 0.359. The van der Waals surface area contributed by atoms with Crippen molar-refractivity contribution in [3.63, 3.8) is 0 Å². The molecule has 0 heterocycles. The monoisotopic (exact) mass is 436 g/mol. The van der Waals surface area contributed by atoms with Gasteiger partial charge in [-0.2, -0.15) is 5.26 Å². The molecule has 0 saturated carbocycles. The molecule has 0 radical (unpaired) electrons. The highest BCUT2D eigenvalue weighted by molar-refractivity contribution is 6.32. The van der Waals surface area contributed by atoms with Gasteiger partial charge in [-0.25, -0.2) is 0 Å². The van der Waals surface area contributed by atoms with E-state index in [1.807, 2.05) is 31.2 Å². The Bertz CT molecular complexity index is 1120. The average Bonchev–Trinajstić information content (AvgIpc) is 2.74. The summed E-state index contributed by atoms with van der Waals surface area (Å²) in [5, 5.41) is 13.1. The molecule has 0 saturated heterocycles. The Labute approximate surface area is 185 Å². The van der Waals surface area contributed by atoms with Crippen molar-refractivity contribution in [3.8, 4) is 11.8 Å². The Morgan fingerprint density at radius 1 is 1.07 bits per heavy atom. The smallest absolute Gasteiger partial charge is 0.262 e. The summed E-state index contributed by atoms with van der Waals surface area (Å²) in [7, 11) is 0. The Morgan fingerprint density at radius 2 is 1.77 bits per heavy atom. The van der Waals surface area contributed by atoms with E-state index in [2.05, 4.69) is 11.4 Å². The highest BCUT2D eigenvalue weighted by atomic mass is 35.5. The van der Waals surface area contributed by atoms with E-state index < -0.39 is 0 Å². The van der Waals surface area contributed by atoms with Crippen molar-refractivity contribution in [1.82, 2.24) is 0 Å². The number of ether oxygens (including phenoxy) is 1. The minimum atomic E-state index is -0.316. The molecule has 0 atom stereocenters. The van der Waals surface area contributed by atoms with Crippen molar-refractivity contribution < 1.29 is 9.53 Å². The van der Waals surface area contributed by atoms with Crippen LogP contribution < -0.4 is 10.1 Å². The zero-order chi connectivity index (χ0) is 21.5. The van der Waals surface area contributed by atoms with E-state index in [0.717, 1.165) is 16.7 Å².